The van der Waals surface area contributed by atoms with Gasteiger partial charge in [-0.25, -0.2) is 4.68 Å². The van der Waals surface area contributed by atoms with Crippen molar-refractivity contribution in [1.29, 1.82) is 0 Å². The van der Waals surface area contributed by atoms with E-state index in [9.17, 15) is 35.9 Å². The van der Waals surface area contributed by atoms with Crippen LogP contribution in [-0.2, 0) is 22.6 Å². The molecule has 1 N–H and O–H groups in total. The fourth-order valence-corrected chi connectivity index (χ4v) is 3.94. The molecule has 0 aliphatic heterocycles. The molecule has 2 amide bonds. The van der Waals surface area contributed by atoms with E-state index in [2.05, 4.69) is 10.4 Å². The van der Waals surface area contributed by atoms with E-state index in [-0.39, 0.29) is 18.0 Å². The number of anilines is 1. The lowest BCUT2D eigenvalue weighted by molar-refractivity contribution is -0.143. The van der Waals surface area contributed by atoms with Crippen LogP contribution in [0.25, 0.3) is 5.69 Å². The molecule has 3 aromatic rings. The first-order valence-corrected chi connectivity index (χ1v) is 13.0. The molecule has 222 valence electrons. The monoisotopic (exact) mass is 582 g/mol. The molecular formula is C29H32F6N4O2. The van der Waals surface area contributed by atoms with E-state index in [1.165, 1.54) is 4.68 Å². The summed E-state index contributed by atoms with van der Waals surface area (Å²) in [4.78, 5) is 27.4. The molecule has 12 heteroatoms. The van der Waals surface area contributed by atoms with Crippen LogP contribution >= 0.6 is 0 Å². The molecule has 1 heterocycles. The zero-order valence-electron chi connectivity index (χ0n) is 23.4. The molecule has 0 radical (unpaired) electrons. The van der Waals surface area contributed by atoms with E-state index in [4.69, 9.17) is 0 Å². The Morgan fingerprint density at radius 3 is 1.95 bits per heavy atom. The van der Waals surface area contributed by atoms with Crippen LogP contribution in [0.15, 0.2) is 48.5 Å². The lowest BCUT2D eigenvalue weighted by Gasteiger charge is -2.23. The van der Waals surface area contributed by atoms with Crippen LogP contribution in [0.5, 0.6) is 0 Å². The molecule has 2 aromatic carbocycles. The topological polar surface area (TPSA) is 67.2 Å². The van der Waals surface area contributed by atoms with Crippen LogP contribution in [0.4, 0.5) is 32.2 Å². The fraction of sp³-hybridized carbons (Fsp3) is 0.414. The summed E-state index contributed by atoms with van der Waals surface area (Å²) in [6.07, 6.45) is -9.28. The summed E-state index contributed by atoms with van der Waals surface area (Å²) in [6.45, 7) is 8.88. The van der Waals surface area contributed by atoms with Gasteiger partial charge >= 0.3 is 12.4 Å². The van der Waals surface area contributed by atoms with Crippen LogP contribution in [0, 0.1) is 6.92 Å². The average Bonchev–Trinajstić information content (AvgIpc) is 3.29. The number of hydrogen-bond donors (Lipinski definition) is 1. The minimum absolute atomic E-state index is 0.0428. The van der Waals surface area contributed by atoms with Crippen molar-refractivity contribution in [3.05, 3.63) is 76.5 Å². The van der Waals surface area contributed by atoms with Crippen LogP contribution < -0.4 is 5.32 Å². The second-order valence-electron chi connectivity index (χ2n) is 10.8. The normalized spacial score (nSPS) is 12.4. The molecule has 1 aromatic heterocycles. The fourth-order valence-electron chi connectivity index (χ4n) is 3.94. The highest BCUT2D eigenvalue weighted by molar-refractivity contribution is 5.99. The molecule has 0 aliphatic carbocycles. The Labute approximate surface area is 234 Å². The standard InChI is InChI=1S/C29H32F6N4O2/c1-6-7-12-38(26(41)19-13-20(28(30,31)32)15-21(14-19)29(33,34)35)17-25(40)36-24-16-23(27(3,4)5)37-39(24)22-10-8-18(2)9-11-22/h8-11,13-16H,6-7,12,17H2,1-5H3,(H,36,40). The molecule has 0 fully saturated rings. The number of aryl methyl sites for hydroxylation is 1. The van der Waals surface area contributed by atoms with Gasteiger partial charge in [0.15, 0.2) is 0 Å². The third-order valence-corrected chi connectivity index (χ3v) is 6.26. The molecule has 0 aliphatic rings. The molecule has 3 rings (SSSR count). The number of benzene rings is 2. The van der Waals surface area contributed by atoms with Gasteiger partial charge in [-0.3, -0.25) is 9.59 Å². The predicted octanol–water partition coefficient (Wildman–Crippen LogP) is 7.40. The Morgan fingerprint density at radius 2 is 1.46 bits per heavy atom. The number of nitrogens with zero attached hydrogens (tertiary/aromatic N) is 3. The highest BCUT2D eigenvalue weighted by Gasteiger charge is 2.38. The maximum atomic E-state index is 13.4. The van der Waals surface area contributed by atoms with E-state index in [1.54, 1.807) is 13.0 Å². The summed E-state index contributed by atoms with van der Waals surface area (Å²) < 4.78 is 81.8. The van der Waals surface area contributed by atoms with Gasteiger partial charge in [0, 0.05) is 23.6 Å². The van der Waals surface area contributed by atoms with Crippen molar-refractivity contribution in [2.24, 2.45) is 0 Å². The smallest absolute Gasteiger partial charge is 0.329 e. The molecule has 41 heavy (non-hydrogen) atoms. The van der Waals surface area contributed by atoms with E-state index >= 15 is 0 Å². The van der Waals surface area contributed by atoms with E-state index in [0.717, 1.165) is 10.5 Å². The highest BCUT2D eigenvalue weighted by Crippen LogP contribution is 2.36. The third kappa shape index (κ3) is 8.11. The number of aromatic nitrogens is 2. The number of carbonyl (C=O) groups is 2. The van der Waals surface area contributed by atoms with Crippen LogP contribution in [0.2, 0.25) is 0 Å². The van der Waals surface area contributed by atoms with Crippen LogP contribution in [0.3, 0.4) is 0 Å². The minimum atomic E-state index is -5.11. The second-order valence-corrected chi connectivity index (χ2v) is 10.8. The van der Waals surface area contributed by atoms with E-state index < -0.39 is 47.4 Å². The zero-order chi connectivity index (χ0) is 30.8. The Bertz CT molecular complexity index is 1350. The van der Waals surface area contributed by atoms with Crippen LogP contribution in [0.1, 0.15) is 73.3 Å². The van der Waals surface area contributed by atoms with Gasteiger partial charge in [-0.2, -0.15) is 31.4 Å². The first kappa shape index (κ1) is 31.7. The van der Waals surface area contributed by atoms with Gasteiger partial charge in [0.1, 0.15) is 12.4 Å². The molecular weight excluding hydrogens is 550 g/mol. The number of nitrogens with one attached hydrogen (secondary N) is 1. The number of halogens is 6. The highest BCUT2D eigenvalue weighted by atomic mass is 19.4. The second kappa shape index (κ2) is 12.0. The molecule has 0 saturated carbocycles. The Hall–Kier alpha value is -3.83. The van der Waals surface area contributed by atoms with Crippen molar-refractivity contribution in [3.8, 4) is 5.69 Å². The van der Waals surface area contributed by atoms with Crippen molar-refractivity contribution in [1.82, 2.24) is 14.7 Å². The van der Waals surface area contributed by atoms with Gasteiger partial charge in [0.2, 0.25) is 5.91 Å². The first-order valence-electron chi connectivity index (χ1n) is 13.0. The summed E-state index contributed by atoms with van der Waals surface area (Å²) in [5, 5.41) is 7.33. The number of hydrogen-bond acceptors (Lipinski definition) is 3. The van der Waals surface area contributed by atoms with E-state index in [0.29, 0.717) is 42.2 Å². The van der Waals surface area contributed by atoms with Crippen molar-refractivity contribution in [2.45, 2.75) is 65.2 Å². The van der Waals surface area contributed by atoms with Crippen molar-refractivity contribution >= 4 is 17.6 Å². The van der Waals surface area contributed by atoms with Gasteiger partial charge in [0.05, 0.1) is 22.5 Å². The number of carbonyl (C=O) groups excluding carboxylic acids is 2. The maximum Gasteiger partial charge on any atom is 0.416 e. The maximum absolute atomic E-state index is 13.4. The summed E-state index contributed by atoms with van der Waals surface area (Å²) in [5.41, 5.74) is -2.07. The minimum Gasteiger partial charge on any atom is -0.329 e. The van der Waals surface area contributed by atoms with Crippen molar-refractivity contribution in [2.75, 3.05) is 18.4 Å². The summed E-state index contributed by atoms with van der Waals surface area (Å²) in [5.74, 6) is -1.51. The average molecular weight is 583 g/mol. The molecule has 0 atom stereocenters. The molecule has 0 spiro atoms. The van der Waals surface area contributed by atoms with E-state index in [1.807, 2.05) is 52.0 Å². The van der Waals surface area contributed by atoms with Crippen molar-refractivity contribution in [3.63, 3.8) is 0 Å². The van der Waals surface area contributed by atoms with Gasteiger partial charge in [-0.15, -0.1) is 0 Å². The Morgan fingerprint density at radius 1 is 0.902 bits per heavy atom. The number of rotatable bonds is 8. The quantitative estimate of drug-likeness (QED) is 0.282. The van der Waals surface area contributed by atoms with Crippen LogP contribution in [-0.4, -0.2) is 39.6 Å². The summed E-state index contributed by atoms with van der Waals surface area (Å²) >= 11 is 0. The lowest BCUT2D eigenvalue weighted by atomic mass is 9.92. The zero-order valence-corrected chi connectivity index (χ0v) is 23.4. The Kier molecular flexibility index (Phi) is 9.24. The lowest BCUT2D eigenvalue weighted by Crippen LogP contribution is -2.39. The van der Waals surface area contributed by atoms with Gasteiger partial charge in [-0.05, 0) is 43.7 Å². The van der Waals surface area contributed by atoms with Gasteiger partial charge < -0.3 is 10.2 Å². The first-order chi connectivity index (χ1) is 18.9. The van der Waals surface area contributed by atoms with Crippen molar-refractivity contribution < 1.29 is 35.9 Å². The molecule has 0 saturated heterocycles. The third-order valence-electron chi connectivity index (χ3n) is 6.26. The molecule has 0 bridgehead atoms. The Balaban J connectivity index is 1.95. The predicted molar refractivity (Wildman–Crippen MR) is 143 cm³/mol. The molecule has 6 nitrogen and oxygen atoms in total. The van der Waals surface area contributed by atoms with Gasteiger partial charge in [0.25, 0.3) is 5.91 Å². The molecule has 0 unspecified atom stereocenters. The number of unbranched alkanes of at least 4 members (excludes halogenated alkanes) is 1. The summed E-state index contributed by atoms with van der Waals surface area (Å²) in [6, 6.07) is 9.74. The van der Waals surface area contributed by atoms with Gasteiger partial charge in [-0.1, -0.05) is 51.8 Å². The largest absolute Gasteiger partial charge is 0.416 e. The SMILES string of the molecule is CCCCN(CC(=O)Nc1cc(C(C)(C)C)nn1-c1ccc(C)cc1)C(=O)c1cc(C(F)(F)F)cc(C(F)(F)F)c1. The number of alkyl halides is 6. The summed E-state index contributed by atoms with van der Waals surface area (Å²) in [7, 11) is 0. The number of amides is 2.